The number of epoxide rings is 1. The first-order valence-electron chi connectivity index (χ1n) is 13.2. The minimum absolute atomic E-state index is 0.0626. The summed E-state index contributed by atoms with van der Waals surface area (Å²) in [5.41, 5.74) is -5.35. The van der Waals surface area contributed by atoms with Crippen molar-refractivity contribution in [2.75, 3.05) is 6.61 Å². The van der Waals surface area contributed by atoms with Gasteiger partial charge < -0.3 is 9.47 Å². The number of hydrogen-bond acceptors (Lipinski definition) is 2. The summed E-state index contributed by atoms with van der Waals surface area (Å²) in [6.07, 6.45) is -8.25. The normalized spacial score (nSPS) is 29.3. The summed E-state index contributed by atoms with van der Waals surface area (Å²) in [7, 11) is 0. The molecule has 1 saturated heterocycles. The van der Waals surface area contributed by atoms with Gasteiger partial charge in [-0.25, -0.2) is 0 Å². The van der Waals surface area contributed by atoms with Crippen molar-refractivity contribution >= 4 is 0 Å². The lowest BCUT2D eigenvalue weighted by Crippen LogP contribution is -2.39. The van der Waals surface area contributed by atoms with Crippen LogP contribution in [0.15, 0.2) is 6.07 Å². The highest BCUT2D eigenvalue weighted by Gasteiger charge is 2.53. The van der Waals surface area contributed by atoms with Crippen molar-refractivity contribution in [1.82, 2.24) is 0 Å². The zero-order chi connectivity index (χ0) is 27.2. The second kappa shape index (κ2) is 10.5. The molecule has 1 aromatic rings. The smallest absolute Gasteiger partial charge is 0.420 e. The van der Waals surface area contributed by atoms with Gasteiger partial charge in [0.15, 0.2) is 0 Å². The van der Waals surface area contributed by atoms with E-state index >= 15 is 8.78 Å². The molecule has 0 N–H and O–H groups in total. The van der Waals surface area contributed by atoms with Gasteiger partial charge in [-0.2, -0.15) is 35.1 Å². The molecule has 210 valence electrons. The number of aryl methyl sites for hydroxylation is 1. The minimum atomic E-state index is -5.56. The van der Waals surface area contributed by atoms with Crippen LogP contribution in [-0.2, 0) is 17.1 Å². The van der Waals surface area contributed by atoms with Crippen LogP contribution in [0.3, 0.4) is 0 Å². The third-order valence-corrected chi connectivity index (χ3v) is 8.48. The van der Waals surface area contributed by atoms with E-state index in [1.54, 1.807) is 0 Å². The molecule has 2 nitrogen and oxygen atoms in total. The SMILES string of the molecule is CCCC1CCC(C2CCC(C(F)(F)Oc3c(C)cc(C4CO4)c(C(F)(F)F)c3C(F)(F)F)CC2)CC1. The lowest BCUT2D eigenvalue weighted by Gasteiger charge is -2.39. The first-order chi connectivity index (χ1) is 17.2. The highest BCUT2D eigenvalue weighted by Crippen LogP contribution is 2.53. The van der Waals surface area contributed by atoms with Crippen molar-refractivity contribution in [3.63, 3.8) is 0 Å². The van der Waals surface area contributed by atoms with Crippen molar-refractivity contribution in [3.05, 3.63) is 28.3 Å². The van der Waals surface area contributed by atoms with Crippen molar-refractivity contribution in [1.29, 1.82) is 0 Å². The van der Waals surface area contributed by atoms with Crippen LogP contribution >= 0.6 is 0 Å². The molecular weight excluding hydrogens is 508 g/mol. The monoisotopic (exact) mass is 542 g/mol. The zero-order valence-corrected chi connectivity index (χ0v) is 21.1. The fraction of sp³-hybridized carbons (Fsp3) is 0.778. The molecule has 4 rings (SSSR count). The highest BCUT2D eigenvalue weighted by molar-refractivity contribution is 5.54. The molecule has 37 heavy (non-hydrogen) atoms. The van der Waals surface area contributed by atoms with E-state index in [4.69, 9.17) is 4.74 Å². The average Bonchev–Trinajstić information content (AvgIpc) is 3.65. The Labute approximate surface area is 212 Å². The molecule has 1 atom stereocenters. The predicted octanol–water partition coefficient (Wildman–Crippen LogP) is 9.49. The van der Waals surface area contributed by atoms with E-state index in [9.17, 15) is 26.3 Å². The van der Waals surface area contributed by atoms with Crippen LogP contribution < -0.4 is 4.74 Å². The van der Waals surface area contributed by atoms with E-state index in [1.165, 1.54) is 6.42 Å². The summed E-state index contributed by atoms with van der Waals surface area (Å²) in [5.74, 6) is -1.33. The molecule has 0 bridgehead atoms. The molecular formula is C27H34F8O2. The Morgan fingerprint density at radius 3 is 1.78 bits per heavy atom. The van der Waals surface area contributed by atoms with E-state index in [-0.39, 0.29) is 25.4 Å². The third kappa shape index (κ3) is 6.36. The Kier molecular flexibility index (Phi) is 8.09. The molecule has 0 radical (unpaired) electrons. The van der Waals surface area contributed by atoms with Crippen LogP contribution in [0.25, 0.3) is 0 Å². The number of benzene rings is 1. The lowest BCUT2D eigenvalue weighted by atomic mass is 9.68. The largest absolute Gasteiger partial charge is 0.431 e. The Hall–Kier alpha value is -1.58. The maximum absolute atomic E-state index is 15.3. The maximum Gasteiger partial charge on any atom is 0.420 e. The molecule has 2 aliphatic carbocycles. The number of rotatable bonds is 7. The standard InChI is InChI=1S/C27H34F8O2/c1-3-4-16-5-7-17(8-6-16)18-9-11-19(12-10-18)27(34,35)37-24-15(2)13-20(21-14-36-21)22(25(28,29)30)23(24)26(31,32)33/h13,16-19,21H,3-12,14H2,1-2H3. The summed E-state index contributed by atoms with van der Waals surface area (Å²) < 4.78 is 123. The zero-order valence-electron chi connectivity index (χ0n) is 21.1. The van der Waals surface area contributed by atoms with Gasteiger partial charge in [0.2, 0.25) is 0 Å². The molecule has 0 spiro atoms. The van der Waals surface area contributed by atoms with Crippen LogP contribution in [0.4, 0.5) is 35.1 Å². The number of alkyl halides is 8. The van der Waals surface area contributed by atoms with Crippen LogP contribution in [0.2, 0.25) is 0 Å². The van der Waals surface area contributed by atoms with Gasteiger partial charge in [-0.3, -0.25) is 0 Å². The van der Waals surface area contributed by atoms with E-state index in [2.05, 4.69) is 11.7 Å². The van der Waals surface area contributed by atoms with Crippen molar-refractivity contribution in [2.45, 2.75) is 103 Å². The molecule has 0 amide bonds. The van der Waals surface area contributed by atoms with E-state index in [0.717, 1.165) is 51.0 Å². The molecule has 1 heterocycles. The van der Waals surface area contributed by atoms with Crippen molar-refractivity contribution < 1.29 is 44.6 Å². The second-order valence-electron chi connectivity index (χ2n) is 11.0. The molecule has 1 aromatic carbocycles. The van der Waals surface area contributed by atoms with Gasteiger partial charge >= 0.3 is 18.5 Å². The van der Waals surface area contributed by atoms with Crippen LogP contribution in [0.1, 0.15) is 99.5 Å². The predicted molar refractivity (Wildman–Crippen MR) is 121 cm³/mol. The molecule has 1 unspecified atom stereocenters. The fourth-order valence-corrected chi connectivity index (χ4v) is 6.52. The number of hydrogen-bond donors (Lipinski definition) is 0. The molecule has 2 saturated carbocycles. The maximum atomic E-state index is 15.3. The Morgan fingerprint density at radius 2 is 1.32 bits per heavy atom. The molecule has 1 aliphatic heterocycles. The Morgan fingerprint density at radius 1 is 0.811 bits per heavy atom. The molecule has 0 aromatic heterocycles. The molecule has 3 fully saturated rings. The summed E-state index contributed by atoms with van der Waals surface area (Å²) in [5, 5.41) is 0. The molecule has 10 heteroatoms. The first kappa shape index (κ1) is 28.4. The van der Waals surface area contributed by atoms with Crippen LogP contribution in [0.5, 0.6) is 5.75 Å². The van der Waals surface area contributed by atoms with Gasteiger partial charge in [0.05, 0.1) is 18.1 Å². The Balaban J connectivity index is 1.52. The van der Waals surface area contributed by atoms with Crippen LogP contribution in [-0.4, -0.2) is 12.7 Å². The number of ether oxygens (including phenoxy) is 2. The Bertz CT molecular complexity index is 935. The fourth-order valence-electron chi connectivity index (χ4n) is 6.52. The van der Waals surface area contributed by atoms with Gasteiger partial charge in [0, 0.05) is 0 Å². The van der Waals surface area contributed by atoms with Gasteiger partial charge in [0.1, 0.15) is 17.4 Å². The summed E-state index contributed by atoms with van der Waals surface area (Å²) >= 11 is 0. The van der Waals surface area contributed by atoms with Gasteiger partial charge in [0.25, 0.3) is 0 Å². The van der Waals surface area contributed by atoms with E-state index in [0.29, 0.717) is 18.8 Å². The lowest BCUT2D eigenvalue weighted by molar-refractivity contribution is -0.228. The van der Waals surface area contributed by atoms with Crippen molar-refractivity contribution in [3.8, 4) is 5.75 Å². The third-order valence-electron chi connectivity index (χ3n) is 8.48. The number of halogens is 8. The highest BCUT2D eigenvalue weighted by atomic mass is 19.4. The quantitative estimate of drug-likeness (QED) is 0.253. The first-order valence-corrected chi connectivity index (χ1v) is 13.2. The summed E-state index contributed by atoms with van der Waals surface area (Å²) in [6, 6.07) is 0.826. The summed E-state index contributed by atoms with van der Waals surface area (Å²) in [4.78, 5) is 0. The van der Waals surface area contributed by atoms with Crippen LogP contribution in [0, 0.1) is 30.6 Å². The minimum Gasteiger partial charge on any atom is -0.431 e. The van der Waals surface area contributed by atoms with Gasteiger partial charge in [-0.15, -0.1) is 0 Å². The second-order valence-corrected chi connectivity index (χ2v) is 11.0. The van der Waals surface area contributed by atoms with Crippen molar-refractivity contribution in [2.24, 2.45) is 23.7 Å². The topological polar surface area (TPSA) is 21.8 Å². The average molecular weight is 543 g/mol. The van der Waals surface area contributed by atoms with E-state index in [1.807, 2.05) is 0 Å². The molecule has 3 aliphatic rings. The van der Waals surface area contributed by atoms with E-state index < -0.39 is 58.5 Å². The van der Waals surface area contributed by atoms with Gasteiger partial charge in [-0.1, -0.05) is 32.6 Å². The summed E-state index contributed by atoms with van der Waals surface area (Å²) in [6.45, 7) is 3.05. The van der Waals surface area contributed by atoms with Gasteiger partial charge in [-0.05, 0) is 80.4 Å².